The van der Waals surface area contributed by atoms with E-state index in [2.05, 4.69) is 5.32 Å². The average molecular weight is 387 g/mol. The molecular formula is C18H17N3O7. The van der Waals surface area contributed by atoms with Crippen LogP contribution in [0.3, 0.4) is 0 Å². The number of rotatable bonds is 6. The standard InChI is InChI=1S/C18H17N3O7/c19-13-6-5-11(7-14(13)21(24)25)18(23)27-10-17(22)20-8-12-9-26-15-3-1-2-4-16(15)28-12/h1-7,12H,8-10,19H2,(H,20,22)/t12-/m0/s1. The highest BCUT2D eigenvalue weighted by atomic mass is 16.6. The fourth-order valence-corrected chi connectivity index (χ4v) is 2.49. The first kappa shape index (κ1) is 19.0. The number of para-hydroxylation sites is 2. The van der Waals surface area contributed by atoms with Crippen LogP contribution >= 0.6 is 0 Å². The number of hydrogen-bond donors (Lipinski definition) is 2. The lowest BCUT2D eigenvalue weighted by Crippen LogP contribution is -2.42. The van der Waals surface area contributed by atoms with Crippen molar-refractivity contribution in [1.29, 1.82) is 0 Å². The van der Waals surface area contributed by atoms with E-state index in [9.17, 15) is 19.7 Å². The van der Waals surface area contributed by atoms with Crippen LogP contribution in [0.4, 0.5) is 11.4 Å². The number of hydrogen-bond acceptors (Lipinski definition) is 8. The van der Waals surface area contributed by atoms with Gasteiger partial charge in [-0.25, -0.2) is 4.79 Å². The Hall–Kier alpha value is -3.82. The number of carbonyl (C=O) groups excluding carboxylic acids is 2. The minimum absolute atomic E-state index is 0.0735. The Morgan fingerprint density at radius 3 is 2.75 bits per heavy atom. The van der Waals surface area contributed by atoms with Gasteiger partial charge in [0.2, 0.25) is 0 Å². The fraction of sp³-hybridized carbons (Fsp3) is 0.222. The van der Waals surface area contributed by atoms with E-state index in [-0.39, 0.29) is 30.5 Å². The van der Waals surface area contributed by atoms with Crippen molar-refractivity contribution in [1.82, 2.24) is 5.32 Å². The molecule has 0 unspecified atom stereocenters. The van der Waals surface area contributed by atoms with Crippen LogP contribution in [0.2, 0.25) is 0 Å². The SMILES string of the molecule is Nc1ccc(C(=O)OCC(=O)NC[C@H]2COc3ccccc3O2)cc1[N+](=O)[O-]. The molecule has 10 nitrogen and oxygen atoms in total. The number of fused-ring (bicyclic) bond motifs is 1. The predicted octanol–water partition coefficient (Wildman–Crippen LogP) is 1.29. The third kappa shape index (κ3) is 4.47. The summed E-state index contributed by atoms with van der Waals surface area (Å²) in [6.45, 7) is -0.106. The molecule has 2 aromatic carbocycles. The van der Waals surface area contributed by atoms with Gasteiger partial charge in [0.1, 0.15) is 18.4 Å². The number of carbonyl (C=O) groups is 2. The highest BCUT2D eigenvalue weighted by Crippen LogP contribution is 2.30. The van der Waals surface area contributed by atoms with Crippen LogP contribution in [0.5, 0.6) is 11.5 Å². The van der Waals surface area contributed by atoms with Crippen molar-refractivity contribution in [3.63, 3.8) is 0 Å². The zero-order valence-electron chi connectivity index (χ0n) is 14.6. The highest BCUT2D eigenvalue weighted by Gasteiger charge is 2.22. The molecule has 1 atom stereocenters. The summed E-state index contributed by atoms with van der Waals surface area (Å²) < 4.78 is 16.1. The van der Waals surface area contributed by atoms with Crippen molar-refractivity contribution in [3.8, 4) is 11.5 Å². The summed E-state index contributed by atoms with van der Waals surface area (Å²) >= 11 is 0. The summed E-state index contributed by atoms with van der Waals surface area (Å²) in [6, 6.07) is 10.7. The Labute approximate surface area is 159 Å². The summed E-state index contributed by atoms with van der Waals surface area (Å²) in [7, 11) is 0. The Kier molecular flexibility index (Phi) is 5.58. The summed E-state index contributed by atoms with van der Waals surface area (Å²) in [5, 5.41) is 13.4. The largest absolute Gasteiger partial charge is 0.486 e. The summed E-state index contributed by atoms with van der Waals surface area (Å²) in [5.74, 6) is -0.189. The lowest BCUT2D eigenvalue weighted by Gasteiger charge is -2.26. The second kappa shape index (κ2) is 8.25. The number of nitro groups is 1. The molecule has 0 aromatic heterocycles. The van der Waals surface area contributed by atoms with Gasteiger partial charge in [0, 0.05) is 6.07 Å². The number of nitrogens with two attached hydrogens (primary N) is 1. The molecule has 1 heterocycles. The minimum Gasteiger partial charge on any atom is -0.486 e. The Morgan fingerprint density at radius 1 is 1.25 bits per heavy atom. The molecule has 28 heavy (non-hydrogen) atoms. The quantitative estimate of drug-likeness (QED) is 0.327. The number of anilines is 1. The maximum Gasteiger partial charge on any atom is 0.338 e. The molecule has 0 saturated carbocycles. The van der Waals surface area contributed by atoms with Gasteiger partial charge in [-0.3, -0.25) is 14.9 Å². The Morgan fingerprint density at radius 2 is 2.00 bits per heavy atom. The average Bonchev–Trinajstić information content (AvgIpc) is 2.70. The monoisotopic (exact) mass is 387 g/mol. The van der Waals surface area contributed by atoms with Gasteiger partial charge in [-0.15, -0.1) is 0 Å². The molecule has 0 bridgehead atoms. The van der Waals surface area contributed by atoms with Crippen molar-refractivity contribution in [2.24, 2.45) is 0 Å². The van der Waals surface area contributed by atoms with Gasteiger partial charge in [-0.05, 0) is 24.3 Å². The smallest absolute Gasteiger partial charge is 0.338 e. The number of esters is 1. The predicted molar refractivity (Wildman–Crippen MR) is 97.2 cm³/mol. The van der Waals surface area contributed by atoms with Gasteiger partial charge in [0.05, 0.1) is 17.0 Å². The molecule has 0 saturated heterocycles. The van der Waals surface area contributed by atoms with Crippen LogP contribution in [-0.2, 0) is 9.53 Å². The molecule has 1 aliphatic heterocycles. The zero-order chi connectivity index (χ0) is 20.1. The number of benzene rings is 2. The van der Waals surface area contributed by atoms with Crippen molar-refractivity contribution in [2.75, 3.05) is 25.5 Å². The van der Waals surface area contributed by atoms with Gasteiger partial charge in [0.25, 0.3) is 11.6 Å². The first-order valence-corrected chi connectivity index (χ1v) is 8.30. The van der Waals surface area contributed by atoms with Gasteiger partial charge in [0.15, 0.2) is 18.1 Å². The number of ether oxygens (including phenoxy) is 3. The first-order chi connectivity index (χ1) is 13.4. The van der Waals surface area contributed by atoms with E-state index in [0.717, 1.165) is 6.07 Å². The molecule has 0 spiro atoms. The van der Waals surface area contributed by atoms with Crippen molar-refractivity contribution < 1.29 is 28.7 Å². The Bertz CT molecular complexity index is 916. The van der Waals surface area contributed by atoms with Gasteiger partial charge in [-0.1, -0.05) is 12.1 Å². The number of nitrogens with one attached hydrogen (secondary N) is 1. The normalized spacial score (nSPS) is 14.8. The van der Waals surface area contributed by atoms with Crippen molar-refractivity contribution in [3.05, 3.63) is 58.1 Å². The van der Waals surface area contributed by atoms with Gasteiger partial charge < -0.3 is 25.3 Å². The number of nitro benzene ring substituents is 1. The molecule has 10 heteroatoms. The zero-order valence-corrected chi connectivity index (χ0v) is 14.6. The van der Waals surface area contributed by atoms with E-state index in [1.807, 2.05) is 12.1 Å². The third-order valence-electron chi connectivity index (χ3n) is 3.89. The van der Waals surface area contributed by atoms with Crippen molar-refractivity contribution >= 4 is 23.3 Å². The van der Waals surface area contributed by atoms with Crippen LogP contribution in [0.25, 0.3) is 0 Å². The maximum atomic E-state index is 12.0. The number of nitrogens with zero attached hydrogens (tertiary/aromatic N) is 1. The second-order valence-electron chi connectivity index (χ2n) is 5.91. The maximum absolute atomic E-state index is 12.0. The first-order valence-electron chi connectivity index (χ1n) is 8.30. The van der Waals surface area contributed by atoms with Crippen LogP contribution in [0.15, 0.2) is 42.5 Å². The van der Waals surface area contributed by atoms with E-state index in [0.29, 0.717) is 11.5 Å². The van der Waals surface area contributed by atoms with Gasteiger partial charge in [-0.2, -0.15) is 0 Å². The molecule has 2 aromatic rings. The van der Waals surface area contributed by atoms with Crippen LogP contribution < -0.4 is 20.5 Å². The topological polar surface area (TPSA) is 143 Å². The molecule has 3 N–H and O–H groups in total. The molecule has 0 aliphatic carbocycles. The third-order valence-corrected chi connectivity index (χ3v) is 3.89. The fourth-order valence-electron chi connectivity index (χ4n) is 2.49. The molecule has 1 aliphatic rings. The van der Waals surface area contributed by atoms with Gasteiger partial charge >= 0.3 is 5.97 Å². The second-order valence-corrected chi connectivity index (χ2v) is 5.91. The molecule has 0 radical (unpaired) electrons. The molecule has 3 rings (SSSR count). The summed E-state index contributed by atoms with van der Waals surface area (Å²) in [4.78, 5) is 34.0. The summed E-state index contributed by atoms with van der Waals surface area (Å²) in [6.07, 6.45) is -0.380. The van der Waals surface area contributed by atoms with E-state index < -0.39 is 29.1 Å². The molecular weight excluding hydrogens is 370 g/mol. The number of nitrogen functional groups attached to an aromatic ring is 1. The van der Waals surface area contributed by atoms with E-state index in [4.69, 9.17) is 19.9 Å². The minimum atomic E-state index is -0.871. The van der Waals surface area contributed by atoms with Crippen LogP contribution in [-0.4, -0.2) is 42.7 Å². The Balaban J connectivity index is 1.46. The van der Waals surface area contributed by atoms with E-state index in [1.54, 1.807) is 12.1 Å². The molecule has 146 valence electrons. The molecule has 0 fully saturated rings. The van der Waals surface area contributed by atoms with E-state index >= 15 is 0 Å². The van der Waals surface area contributed by atoms with Crippen LogP contribution in [0.1, 0.15) is 10.4 Å². The lowest BCUT2D eigenvalue weighted by molar-refractivity contribution is -0.383. The number of amides is 1. The highest BCUT2D eigenvalue weighted by molar-refractivity contribution is 5.92. The van der Waals surface area contributed by atoms with E-state index in [1.165, 1.54) is 12.1 Å². The lowest BCUT2D eigenvalue weighted by atomic mass is 10.2. The molecule has 1 amide bonds. The van der Waals surface area contributed by atoms with Crippen LogP contribution in [0, 0.1) is 10.1 Å². The summed E-state index contributed by atoms with van der Waals surface area (Å²) in [5.41, 5.74) is 4.92. The van der Waals surface area contributed by atoms with Crippen molar-refractivity contribution in [2.45, 2.75) is 6.10 Å².